The number of thiophene rings is 1. The summed E-state index contributed by atoms with van der Waals surface area (Å²) in [6.07, 6.45) is 1.93. The number of thiazole rings is 1. The van der Waals surface area contributed by atoms with Crippen molar-refractivity contribution in [1.82, 2.24) is 20.4 Å². The molecule has 0 aromatic carbocycles. The van der Waals surface area contributed by atoms with Gasteiger partial charge >= 0.3 is 0 Å². The average Bonchev–Trinajstić information content (AvgIpc) is 3.37. The first kappa shape index (κ1) is 15.7. The van der Waals surface area contributed by atoms with Crippen molar-refractivity contribution in [1.29, 1.82) is 0 Å². The molecule has 4 heterocycles. The van der Waals surface area contributed by atoms with Gasteiger partial charge in [0.2, 0.25) is 0 Å². The van der Waals surface area contributed by atoms with E-state index in [-0.39, 0.29) is 0 Å². The van der Waals surface area contributed by atoms with E-state index in [4.69, 9.17) is 9.26 Å². The Morgan fingerprint density at radius 2 is 2.17 bits per heavy atom. The van der Waals surface area contributed by atoms with Crippen LogP contribution in [0, 0.1) is 0 Å². The van der Waals surface area contributed by atoms with Crippen LogP contribution in [0.25, 0.3) is 10.8 Å². The van der Waals surface area contributed by atoms with Crippen LogP contribution in [0.2, 0.25) is 0 Å². The summed E-state index contributed by atoms with van der Waals surface area (Å²) >= 11 is 3.30. The standard InChI is InChI=1S/C15H17N5O2S2/c1-2-12(23-7-1)14-18-13(19-22-14)10-16-8-11-9-17-15(24-11)20-3-5-21-6-4-20/h1-2,7,9,16H,3-6,8,10H2. The Labute approximate surface area is 147 Å². The summed E-state index contributed by atoms with van der Waals surface area (Å²) in [6.45, 7) is 4.68. The lowest BCUT2D eigenvalue weighted by molar-refractivity contribution is 0.122. The fraction of sp³-hybridized carbons (Fsp3) is 0.400. The van der Waals surface area contributed by atoms with E-state index < -0.39 is 0 Å². The molecule has 4 rings (SSSR count). The van der Waals surface area contributed by atoms with Crippen molar-refractivity contribution in [2.24, 2.45) is 0 Å². The molecule has 0 bridgehead atoms. The van der Waals surface area contributed by atoms with Crippen molar-refractivity contribution >= 4 is 27.8 Å². The second-order valence-electron chi connectivity index (χ2n) is 5.31. The van der Waals surface area contributed by atoms with Crippen LogP contribution in [-0.4, -0.2) is 41.4 Å². The van der Waals surface area contributed by atoms with Gasteiger partial charge in [-0.15, -0.1) is 22.7 Å². The third-order valence-electron chi connectivity index (χ3n) is 3.61. The Balaban J connectivity index is 1.29. The predicted molar refractivity (Wildman–Crippen MR) is 93.3 cm³/mol. The van der Waals surface area contributed by atoms with Gasteiger partial charge < -0.3 is 19.5 Å². The summed E-state index contributed by atoms with van der Waals surface area (Å²) in [6, 6.07) is 3.94. The number of anilines is 1. The molecule has 3 aromatic heterocycles. The summed E-state index contributed by atoms with van der Waals surface area (Å²) in [5, 5.41) is 10.4. The maximum absolute atomic E-state index is 5.37. The summed E-state index contributed by atoms with van der Waals surface area (Å²) in [5.41, 5.74) is 0. The van der Waals surface area contributed by atoms with E-state index in [1.165, 1.54) is 4.88 Å². The lowest BCUT2D eigenvalue weighted by Crippen LogP contribution is -2.36. The normalized spacial score (nSPS) is 15.1. The molecule has 24 heavy (non-hydrogen) atoms. The van der Waals surface area contributed by atoms with Gasteiger partial charge in [-0.2, -0.15) is 4.98 Å². The molecule has 0 atom stereocenters. The maximum atomic E-state index is 5.37. The second kappa shape index (κ2) is 7.39. The molecule has 1 fully saturated rings. The number of nitrogens with zero attached hydrogens (tertiary/aromatic N) is 4. The predicted octanol–water partition coefficient (Wildman–Crippen LogP) is 2.38. The van der Waals surface area contributed by atoms with Crippen molar-refractivity contribution in [2.45, 2.75) is 13.1 Å². The Bertz CT molecular complexity index is 765. The minimum Gasteiger partial charge on any atom is -0.378 e. The lowest BCUT2D eigenvalue weighted by Gasteiger charge is -2.25. The van der Waals surface area contributed by atoms with Crippen LogP contribution in [0.3, 0.4) is 0 Å². The molecule has 0 amide bonds. The molecule has 0 radical (unpaired) electrons. The molecule has 126 valence electrons. The minimum atomic E-state index is 0.569. The first-order valence-electron chi connectivity index (χ1n) is 7.73. The van der Waals surface area contributed by atoms with Gasteiger partial charge in [-0.05, 0) is 11.4 Å². The number of aromatic nitrogens is 3. The van der Waals surface area contributed by atoms with Crippen LogP contribution < -0.4 is 10.2 Å². The summed E-state index contributed by atoms with van der Waals surface area (Å²) < 4.78 is 10.6. The van der Waals surface area contributed by atoms with Crippen LogP contribution in [0.1, 0.15) is 10.7 Å². The van der Waals surface area contributed by atoms with Crippen molar-refractivity contribution in [3.63, 3.8) is 0 Å². The molecule has 1 aliphatic heterocycles. The summed E-state index contributed by atoms with van der Waals surface area (Å²) in [4.78, 5) is 13.4. The smallest absolute Gasteiger partial charge is 0.268 e. The molecule has 0 aliphatic carbocycles. The van der Waals surface area contributed by atoms with Crippen LogP contribution >= 0.6 is 22.7 Å². The zero-order valence-corrected chi connectivity index (χ0v) is 14.6. The zero-order chi connectivity index (χ0) is 16.2. The molecule has 1 N–H and O–H groups in total. The Morgan fingerprint density at radius 3 is 3.00 bits per heavy atom. The van der Waals surface area contributed by atoms with Crippen LogP contribution in [-0.2, 0) is 17.8 Å². The van der Waals surface area contributed by atoms with E-state index in [2.05, 4.69) is 25.3 Å². The van der Waals surface area contributed by atoms with Gasteiger partial charge in [0.15, 0.2) is 11.0 Å². The molecule has 1 aliphatic rings. The molecule has 0 unspecified atom stereocenters. The number of ether oxygens (including phenoxy) is 1. The van der Waals surface area contributed by atoms with Gasteiger partial charge in [0.05, 0.1) is 24.6 Å². The third-order valence-corrected chi connectivity index (χ3v) is 5.52. The Hall–Kier alpha value is -1.81. The monoisotopic (exact) mass is 363 g/mol. The molecule has 7 nitrogen and oxygen atoms in total. The van der Waals surface area contributed by atoms with Crippen LogP contribution in [0.4, 0.5) is 5.13 Å². The largest absolute Gasteiger partial charge is 0.378 e. The average molecular weight is 363 g/mol. The maximum Gasteiger partial charge on any atom is 0.268 e. The first-order valence-corrected chi connectivity index (χ1v) is 9.43. The number of hydrogen-bond donors (Lipinski definition) is 1. The van der Waals surface area contributed by atoms with Gasteiger partial charge in [-0.1, -0.05) is 11.2 Å². The third kappa shape index (κ3) is 3.64. The highest BCUT2D eigenvalue weighted by Crippen LogP contribution is 2.24. The quantitative estimate of drug-likeness (QED) is 0.720. The first-order chi connectivity index (χ1) is 11.9. The van der Waals surface area contributed by atoms with E-state index in [1.54, 1.807) is 22.7 Å². The molecule has 9 heteroatoms. The molecule has 3 aromatic rings. The van der Waals surface area contributed by atoms with Gasteiger partial charge in [0, 0.05) is 30.7 Å². The lowest BCUT2D eigenvalue weighted by atomic mass is 10.4. The number of nitrogens with one attached hydrogen (secondary N) is 1. The highest BCUT2D eigenvalue weighted by Gasteiger charge is 2.15. The van der Waals surface area contributed by atoms with Crippen LogP contribution in [0.15, 0.2) is 28.2 Å². The second-order valence-corrected chi connectivity index (χ2v) is 7.35. The van der Waals surface area contributed by atoms with E-state index >= 15 is 0 Å². The number of rotatable bonds is 6. The highest BCUT2D eigenvalue weighted by atomic mass is 32.1. The number of hydrogen-bond acceptors (Lipinski definition) is 9. The van der Waals surface area contributed by atoms with Crippen LogP contribution in [0.5, 0.6) is 0 Å². The van der Waals surface area contributed by atoms with E-state index in [0.29, 0.717) is 18.3 Å². The topological polar surface area (TPSA) is 76.3 Å². The molecule has 0 spiro atoms. The zero-order valence-electron chi connectivity index (χ0n) is 13.0. The number of morpholine rings is 1. The fourth-order valence-corrected chi connectivity index (χ4v) is 3.98. The Morgan fingerprint density at radius 1 is 1.25 bits per heavy atom. The van der Waals surface area contributed by atoms with Crippen molar-refractivity contribution in [3.8, 4) is 10.8 Å². The van der Waals surface area contributed by atoms with E-state index in [0.717, 1.165) is 42.9 Å². The van der Waals surface area contributed by atoms with Gasteiger partial charge in [-0.3, -0.25) is 0 Å². The minimum absolute atomic E-state index is 0.569. The molecule has 0 saturated carbocycles. The molecule has 1 saturated heterocycles. The van der Waals surface area contributed by atoms with Gasteiger partial charge in [0.1, 0.15) is 0 Å². The van der Waals surface area contributed by atoms with E-state index in [1.807, 2.05) is 23.7 Å². The van der Waals surface area contributed by atoms with Gasteiger partial charge in [-0.25, -0.2) is 4.98 Å². The Kier molecular flexibility index (Phi) is 4.83. The highest BCUT2D eigenvalue weighted by molar-refractivity contribution is 7.15. The van der Waals surface area contributed by atoms with Crippen molar-refractivity contribution in [3.05, 3.63) is 34.4 Å². The molecular formula is C15H17N5O2S2. The molecular weight excluding hydrogens is 346 g/mol. The van der Waals surface area contributed by atoms with Crippen molar-refractivity contribution < 1.29 is 9.26 Å². The summed E-state index contributed by atoms with van der Waals surface area (Å²) in [5.74, 6) is 1.24. The van der Waals surface area contributed by atoms with Crippen molar-refractivity contribution in [2.75, 3.05) is 31.2 Å². The summed E-state index contributed by atoms with van der Waals surface area (Å²) in [7, 11) is 0. The van der Waals surface area contributed by atoms with Gasteiger partial charge in [0.25, 0.3) is 5.89 Å². The van der Waals surface area contributed by atoms with E-state index in [9.17, 15) is 0 Å². The SMILES string of the molecule is c1csc(-c2nc(CNCc3cnc(N4CCOCC4)s3)no2)c1. The fourth-order valence-electron chi connectivity index (χ4n) is 2.40.